The quantitative estimate of drug-likeness (QED) is 0.672. The molecule has 1 unspecified atom stereocenters. The van der Waals surface area contributed by atoms with E-state index in [0.29, 0.717) is 0 Å². The highest BCUT2D eigenvalue weighted by molar-refractivity contribution is 7.60. The summed E-state index contributed by atoms with van der Waals surface area (Å²) in [7, 11) is -0.366. The molecule has 1 aromatic rings. The molecule has 0 aromatic heterocycles. The van der Waals surface area contributed by atoms with Crippen LogP contribution in [0.1, 0.15) is 19.4 Å². The van der Waals surface area contributed by atoms with E-state index in [1.807, 2.05) is 0 Å². The SMILES string of the molecule is CCOP(CC)c1ccc(C)cc1. The van der Waals surface area contributed by atoms with E-state index < -0.39 is 0 Å². The highest BCUT2D eigenvalue weighted by atomic mass is 31.1. The maximum Gasteiger partial charge on any atom is 0.0600 e. The standard InChI is InChI=1S/C11H17OP/c1-4-12-13(5-2)11-8-6-10(3)7-9-11/h6-9H,4-5H2,1-3H3. The molecule has 0 bridgehead atoms. The molecule has 0 aliphatic carbocycles. The average molecular weight is 196 g/mol. The second kappa shape index (κ2) is 5.36. The van der Waals surface area contributed by atoms with E-state index in [2.05, 4.69) is 45.0 Å². The van der Waals surface area contributed by atoms with Crippen LogP contribution >= 0.6 is 8.15 Å². The Hall–Kier alpha value is -0.390. The predicted molar refractivity (Wildman–Crippen MR) is 59.9 cm³/mol. The van der Waals surface area contributed by atoms with Crippen molar-refractivity contribution < 1.29 is 4.52 Å². The van der Waals surface area contributed by atoms with Crippen molar-refractivity contribution in [1.29, 1.82) is 0 Å². The smallest absolute Gasteiger partial charge is 0.0600 e. The van der Waals surface area contributed by atoms with E-state index in [9.17, 15) is 0 Å². The van der Waals surface area contributed by atoms with Crippen molar-refractivity contribution in [1.82, 2.24) is 0 Å². The van der Waals surface area contributed by atoms with Gasteiger partial charge < -0.3 is 4.52 Å². The topological polar surface area (TPSA) is 9.23 Å². The summed E-state index contributed by atoms with van der Waals surface area (Å²) in [6.07, 6.45) is 1.10. The Kier molecular flexibility index (Phi) is 4.41. The molecule has 2 heteroatoms. The number of benzene rings is 1. The first-order chi connectivity index (χ1) is 6.27. The van der Waals surface area contributed by atoms with Gasteiger partial charge in [0.05, 0.1) is 8.15 Å². The molecule has 0 N–H and O–H groups in total. The molecule has 72 valence electrons. The zero-order valence-electron chi connectivity index (χ0n) is 8.58. The number of rotatable bonds is 4. The van der Waals surface area contributed by atoms with Crippen LogP contribution in [0.4, 0.5) is 0 Å². The largest absolute Gasteiger partial charge is 0.355 e. The van der Waals surface area contributed by atoms with Crippen LogP contribution < -0.4 is 5.30 Å². The van der Waals surface area contributed by atoms with E-state index in [1.165, 1.54) is 10.9 Å². The van der Waals surface area contributed by atoms with Crippen molar-refractivity contribution in [3.63, 3.8) is 0 Å². The van der Waals surface area contributed by atoms with Crippen LogP contribution in [0.5, 0.6) is 0 Å². The van der Waals surface area contributed by atoms with Gasteiger partial charge in [0.25, 0.3) is 0 Å². The molecule has 0 aliphatic rings. The van der Waals surface area contributed by atoms with Crippen LogP contribution in [-0.2, 0) is 4.52 Å². The van der Waals surface area contributed by atoms with Gasteiger partial charge in [0, 0.05) is 11.9 Å². The molecule has 0 saturated carbocycles. The van der Waals surface area contributed by atoms with Crippen LogP contribution in [0.2, 0.25) is 0 Å². The van der Waals surface area contributed by atoms with Crippen molar-refractivity contribution in [2.45, 2.75) is 20.8 Å². The minimum Gasteiger partial charge on any atom is -0.355 e. The lowest BCUT2D eigenvalue weighted by Crippen LogP contribution is -2.04. The minimum absolute atomic E-state index is 0.366. The highest BCUT2D eigenvalue weighted by Crippen LogP contribution is 2.34. The van der Waals surface area contributed by atoms with Crippen LogP contribution in [-0.4, -0.2) is 12.8 Å². The summed E-state index contributed by atoms with van der Waals surface area (Å²) >= 11 is 0. The summed E-state index contributed by atoms with van der Waals surface area (Å²) in [6, 6.07) is 8.67. The number of hydrogen-bond donors (Lipinski definition) is 0. The van der Waals surface area contributed by atoms with E-state index in [-0.39, 0.29) is 8.15 Å². The zero-order chi connectivity index (χ0) is 9.68. The predicted octanol–water partition coefficient (Wildman–Crippen LogP) is 3.07. The zero-order valence-corrected chi connectivity index (χ0v) is 9.47. The molecule has 1 atom stereocenters. The molecule has 0 fully saturated rings. The Balaban J connectivity index is 2.73. The summed E-state index contributed by atoms with van der Waals surface area (Å²) in [5, 5.41) is 1.35. The molecule has 0 radical (unpaired) electrons. The van der Waals surface area contributed by atoms with Gasteiger partial charge in [-0.3, -0.25) is 0 Å². The highest BCUT2D eigenvalue weighted by Gasteiger charge is 2.07. The maximum absolute atomic E-state index is 5.68. The van der Waals surface area contributed by atoms with Crippen LogP contribution in [0.15, 0.2) is 24.3 Å². The van der Waals surface area contributed by atoms with Gasteiger partial charge in [0.15, 0.2) is 0 Å². The summed E-state index contributed by atoms with van der Waals surface area (Å²) in [5.74, 6) is 0. The fraction of sp³-hybridized carbons (Fsp3) is 0.455. The third-order valence-electron chi connectivity index (χ3n) is 1.89. The third-order valence-corrected chi connectivity index (χ3v) is 3.91. The van der Waals surface area contributed by atoms with Gasteiger partial charge in [0.1, 0.15) is 0 Å². The second-order valence-corrected chi connectivity index (χ2v) is 5.11. The Morgan fingerprint density at radius 3 is 2.23 bits per heavy atom. The van der Waals surface area contributed by atoms with Gasteiger partial charge in [-0.25, -0.2) is 0 Å². The molecular formula is C11H17OP. The molecule has 1 nitrogen and oxygen atoms in total. The van der Waals surface area contributed by atoms with Crippen molar-refractivity contribution in [2.24, 2.45) is 0 Å². The molecule has 13 heavy (non-hydrogen) atoms. The summed E-state index contributed by atoms with van der Waals surface area (Å²) < 4.78 is 5.68. The normalized spacial score (nSPS) is 12.8. The molecule has 0 saturated heterocycles. The molecule has 1 aromatic carbocycles. The van der Waals surface area contributed by atoms with Crippen LogP contribution in [0, 0.1) is 6.92 Å². The summed E-state index contributed by atoms with van der Waals surface area (Å²) in [5.41, 5.74) is 1.31. The van der Waals surface area contributed by atoms with Crippen molar-refractivity contribution >= 4 is 13.5 Å². The fourth-order valence-corrected chi connectivity index (χ4v) is 2.71. The molecule has 0 amide bonds. The van der Waals surface area contributed by atoms with E-state index in [0.717, 1.165) is 12.8 Å². The minimum atomic E-state index is -0.366. The van der Waals surface area contributed by atoms with Crippen molar-refractivity contribution in [3.8, 4) is 0 Å². The first-order valence-electron chi connectivity index (χ1n) is 4.75. The third kappa shape index (κ3) is 3.10. The Morgan fingerprint density at radius 1 is 1.15 bits per heavy atom. The van der Waals surface area contributed by atoms with Gasteiger partial charge in [-0.1, -0.05) is 36.8 Å². The van der Waals surface area contributed by atoms with E-state index >= 15 is 0 Å². The first kappa shape index (κ1) is 10.7. The van der Waals surface area contributed by atoms with Gasteiger partial charge in [0.2, 0.25) is 0 Å². The lowest BCUT2D eigenvalue weighted by Gasteiger charge is -2.14. The molecule has 0 heterocycles. The Bertz CT molecular complexity index is 243. The molecular weight excluding hydrogens is 179 g/mol. The van der Waals surface area contributed by atoms with Gasteiger partial charge in [-0.2, -0.15) is 0 Å². The van der Waals surface area contributed by atoms with Gasteiger partial charge in [-0.05, 0) is 20.0 Å². The average Bonchev–Trinajstić information content (AvgIpc) is 2.16. The lowest BCUT2D eigenvalue weighted by atomic mass is 10.2. The molecule has 0 spiro atoms. The monoisotopic (exact) mass is 196 g/mol. The maximum atomic E-state index is 5.68. The van der Waals surface area contributed by atoms with Crippen LogP contribution in [0.25, 0.3) is 0 Å². The number of aryl methyl sites for hydroxylation is 1. The Morgan fingerprint density at radius 2 is 1.77 bits per heavy atom. The second-order valence-electron chi connectivity index (χ2n) is 2.95. The lowest BCUT2D eigenvalue weighted by molar-refractivity contribution is 0.383. The summed E-state index contributed by atoms with van der Waals surface area (Å²) in [4.78, 5) is 0. The van der Waals surface area contributed by atoms with Crippen molar-refractivity contribution in [2.75, 3.05) is 12.8 Å². The van der Waals surface area contributed by atoms with Gasteiger partial charge in [-0.15, -0.1) is 0 Å². The van der Waals surface area contributed by atoms with Gasteiger partial charge >= 0.3 is 0 Å². The van der Waals surface area contributed by atoms with E-state index in [1.54, 1.807) is 0 Å². The van der Waals surface area contributed by atoms with Crippen molar-refractivity contribution in [3.05, 3.63) is 29.8 Å². The Labute approximate surface area is 82.0 Å². The number of hydrogen-bond acceptors (Lipinski definition) is 1. The molecule has 1 rings (SSSR count). The fourth-order valence-electron chi connectivity index (χ4n) is 1.22. The first-order valence-corrected chi connectivity index (χ1v) is 6.19. The summed E-state index contributed by atoms with van der Waals surface area (Å²) in [6.45, 7) is 7.16. The molecule has 0 aliphatic heterocycles. The van der Waals surface area contributed by atoms with E-state index in [4.69, 9.17) is 4.52 Å². The van der Waals surface area contributed by atoms with Crippen LogP contribution in [0.3, 0.4) is 0 Å².